The zero-order chi connectivity index (χ0) is 15.0. The molecule has 0 aliphatic carbocycles. The maximum absolute atomic E-state index is 13.8. The zero-order valence-corrected chi connectivity index (χ0v) is 13.2. The molecule has 3 rings (SSSR count). The Balaban J connectivity index is 1.96. The summed E-state index contributed by atoms with van der Waals surface area (Å²) in [6.07, 6.45) is 0. The number of thiazole rings is 1. The molecule has 1 aromatic heterocycles. The highest BCUT2D eigenvalue weighted by Gasteiger charge is 2.11. The van der Waals surface area contributed by atoms with Gasteiger partial charge in [0, 0.05) is 6.07 Å². The first-order valence-electron chi connectivity index (χ1n) is 5.93. The van der Waals surface area contributed by atoms with Gasteiger partial charge < -0.3 is 10.1 Å². The quantitative estimate of drug-likeness (QED) is 0.652. The summed E-state index contributed by atoms with van der Waals surface area (Å²) in [4.78, 5) is 4.33. The minimum absolute atomic E-state index is 0.0433. The molecule has 108 valence electrons. The molecule has 0 saturated carbocycles. The standard InChI is InChI=1S/C14H9BrF2N2OS/c1-20-7-2-3-11-13(4-7)21-14(18-11)19-12-6-9(16)8(15)5-10(12)17/h2-6H,1H3,(H,18,19). The molecule has 0 aliphatic heterocycles. The number of ether oxygens (including phenoxy) is 1. The van der Waals surface area contributed by atoms with E-state index in [0.717, 1.165) is 28.1 Å². The fourth-order valence-electron chi connectivity index (χ4n) is 1.82. The van der Waals surface area contributed by atoms with Crippen LogP contribution in [0.1, 0.15) is 0 Å². The molecular weight excluding hydrogens is 362 g/mol. The van der Waals surface area contributed by atoms with Gasteiger partial charge in [-0.05, 0) is 40.2 Å². The number of methoxy groups -OCH3 is 1. The Labute approximate surface area is 131 Å². The first-order chi connectivity index (χ1) is 10.1. The molecule has 0 saturated heterocycles. The number of hydrogen-bond donors (Lipinski definition) is 1. The average Bonchev–Trinajstić information content (AvgIpc) is 2.85. The van der Waals surface area contributed by atoms with Crippen LogP contribution in [0.2, 0.25) is 0 Å². The van der Waals surface area contributed by atoms with Gasteiger partial charge >= 0.3 is 0 Å². The van der Waals surface area contributed by atoms with E-state index in [2.05, 4.69) is 26.2 Å². The summed E-state index contributed by atoms with van der Waals surface area (Å²) in [5, 5.41) is 3.28. The Morgan fingerprint density at radius 2 is 2.00 bits per heavy atom. The smallest absolute Gasteiger partial charge is 0.188 e. The molecule has 3 nitrogen and oxygen atoms in total. The summed E-state index contributed by atoms with van der Waals surface area (Å²) in [6, 6.07) is 7.62. The molecule has 0 fully saturated rings. The summed E-state index contributed by atoms with van der Waals surface area (Å²) < 4.78 is 33.4. The Morgan fingerprint density at radius 1 is 1.19 bits per heavy atom. The number of nitrogens with one attached hydrogen (secondary N) is 1. The van der Waals surface area contributed by atoms with Gasteiger partial charge in [0.2, 0.25) is 0 Å². The Hall–Kier alpha value is -1.73. The molecule has 0 atom stereocenters. The minimum atomic E-state index is -0.555. The van der Waals surface area contributed by atoms with Crippen LogP contribution in [-0.2, 0) is 0 Å². The number of nitrogens with zero attached hydrogens (tertiary/aromatic N) is 1. The van der Waals surface area contributed by atoms with E-state index >= 15 is 0 Å². The molecule has 0 radical (unpaired) electrons. The number of fused-ring (bicyclic) bond motifs is 1. The second-order valence-electron chi connectivity index (χ2n) is 4.22. The van der Waals surface area contributed by atoms with Crippen LogP contribution in [0.5, 0.6) is 5.75 Å². The van der Waals surface area contributed by atoms with Crippen molar-refractivity contribution < 1.29 is 13.5 Å². The van der Waals surface area contributed by atoms with Crippen LogP contribution in [0, 0.1) is 11.6 Å². The van der Waals surface area contributed by atoms with Crippen molar-refractivity contribution in [2.45, 2.75) is 0 Å². The first-order valence-corrected chi connectivity index (χ1v) is 7.54. The van der Waals surface area contributed by atoms with Crippen LogP contribution in [0.15, 0.2) is 34.8 Å². The summed E-state index contributed by atoms with van der Waals surface area (Å²) >= 11 is 4.28. The summed E-state index contributed by atoms with van der Waals surface area (Å²) in [5.41, 5.74) is 0.808. The molecule has 7 heteroatoms. The molecule has 0 aliphatic rings. The van der Waals surface area contributed by atoms with E-state index in [1.165, 1.54) is 11.3 Å². The van der Waals surface area contributed by atoms with Crippen LogP contribution in [0.4, 0.5) is 19.6 Å². The highest BCUT2D eigenvalue weighted by atomic mass is 79.9. The van der Waals surface area contributed by atoms with Crippen molar-refractivity contribution in [3.05, 3.63) is 46.4 Å². The predicted octanol–water partition coefficient (Wildman–Crippen LogP) is 5.09. The van der Waals surface area contributed by atoms with Gasteiger partial charge in [-0.25, -0.2) is 13.8 Å². The zero-order valence-electron chi connectivity index (χ0n) is 10.8. The number of hydrogen-bond acceptors (Lipinski definition) is 4. The minimum Gasteiger partial charge on any atom is -0.497 e. The van der Waals surface area contributed by atoms with Crippen molar-refractivity contribution in [1.29, 1.82) is 0 Å². The highest BCUT2D eigenvalue weighted by Crippen LogP contribution is 2.32. The van der Waals surface area contributed by atoms with Gasteiger partial charge in [0.25, 0.3) is 0 Å². The lowest BCUT2D eigenvalue weighted by Crippen LogP contribution is -1.94. The largest absolute Gasteiger partial charge is 0.497 e. The summed E-state index contributed by atoms with van der Waals surface area (Å²) in [6.45, 7) is 0. The summed E-state index contributed by atoms with van der Waals surface area (Å²) in [5.74, 6) is -0.375. The monoisotopic (exact) mass is 370 g/mol. The fraction of sp³-hybridized carbons (Fsp3) is 0.0714. The number of anilines is 2. The molecular formula is C14H9BrF2N2OS. The van der Waals surface area contributed by atoms with Gasteiger partial charge in [0.05, 0.1) is 27.5 Å². The van der Waals surface area contributed by atoms with Crippen LogP contribution in [-0.4, -0.2) is 12.1 Å². The molecule has 0 amide bonds. The molecule has 0 unspecified atom stereocenters. The van der Waals surface area contributed by atoms with Gasteiger partial charge in [-0.1, -0.05) is 11.3 Å². The fourth-order valence-corrected chi connectivity index (χ4v) is 3.04. The normalized spacial score (nSPS) is 10.9. The summed E-state index contributed by atoms with van der Waals surface area (Å²) in [7, 11) is 1.58. The van der Waals surface area contributed by atoms with Gasteiger partial charge in [0.15, 0.2) is 5.13 Å². The molecule has 1 heterocycles. The van der Waals surface area contributed by atoms with Gasteiger partial charge in [0.1, 0.15) is 17.4 Å². The third kappa shape index (κ3) is 2.84. The van der Waals surface area contributed by atoms with E-state index in [4.69, 9.17) is 4.74 Å². The van der Waals surface area contributed by atoms with Gasteiger partial charge in [-0.15, -0.1) is 0 Å². The van der Waals surface area contributed by atoms with Gasteiger partial charge in [-0.3, -0.25) is 0 Å². The second-order valence-corrected chi connectivity index (χ2v) is 6.11. The maximum Gasteiger partial charge on any atom is 0.188 e. The van der Waals surface area contributed by atoms with Crippen LogP contribution in [0.25, 0.3) is 10.2 Å². The number of rotatable bonds is 3. The maximum atomic E-state index is 13.8. The van der Waals surface area contributed by atoms with E-state index in [9.17, 15) is 8.78 Å². The lowest BCUT2D eigenvalue weighted by Gasteiger charge is -2.05. The predicted molar refractivity (Wildman–Crippen MR) is 83.5 cm³/mol. The highest BCUT2D eigenvalue weighted by molar-refractivity contribution is 9.10. The molecule has 1 N–H and O–H groups in total. The Kier molecular flexibility index (Phi) is 3.77. The molecule has 0 bridgehead atoms. The third-order valence-corrected chi connectivity index (χ3v) is 4.39. The molecule has 3 aromatic rings. The SMILES string of the molecule is COc1ccc2nc(Nc3cc(F)c(Br)cc3F)sc2c1. The van der Waals surface area contributed by atoms with Crippen molar-refractivity contribution >= 4 is 48.3 Å². The average molecular weight is 371 g/mol. The van der Waals surface area contributed by atoms with E-state index < -0.39 is 11.6 Å². The number of halogens is 3. The molecule has 2 aromatic carbocycles. The van der Waals surface area contributed by atoms with Crippen LogP contribution in [0.3, 0.4) is 0 Å². The van der Waals surface area contributed by atoms with Crippen molar-refractivity contribution in [3.8, 4) is 5.75 Å². The molecule has 0 spiro atoms. The van der Waals surface area contributed by atoms with Crippen molar-refractivity contribution in [1.82, 2.24) is 4.98 Å². The number of aromatic nitrogens is 1. The third-order valence-electron chi connectivity index (χ3n) is 2.85. The van der Waals surface area contributed by atoms with Crippen LogP contribution < -0.4 is 10.1 Å². The van der Waals surface area contributed by atoms with Crippen molar-refractivity contribution in [2.75, 3.05) is 12.4 Å². The van der Waals surface area contributed by atoms with E-state index in [1.807, 2.05) is 12.1 Å². The van der Waals surface area contributed by atoms with E-state index in [-0.39, 0.29) is 10.2 Å². The van der Waals surface area contributed by atoms with E-state index in [0.29, 0.717) is 5.13 Å². The molecule has 21 heavy (non-hydrogen) atoms. The van der Waals surface area contributed by atoms with Crippen molar-refractivity contribution in [2.24, 2.45) is 0 Å². The Morgan fingerprint density at radius 3 is 2.76 bits per heavy atom. The van der Waals surface area contributed by atoms with E-state index in [1.54, 1.807) is 13.2 Å². The topological polar surface area (TPSA) is 34.1 Å². The lowest BCUT2D eigenvalue weighted by molar-refractivity contribution is 0.415. The Bertz CT molecular complexity index is 822. The number of benzene rings is 2. The second kappa shape index (κ2) is 5.57. The van der Waals surface area contributed by atoms with Gasteiger partial charge in [-0.2, -0.15) is 0 Å². The lowest BCUT2D eigenvalue weighted by atomic mass is 10.3. The van der Waals surface area contributed by atoms with Crippen LogP contribution >= 0.6 is 27.3 Å². The van der Waals surface area contributed by atoms with Crippen molar-refractivity contribution in [3.63, 3.8) is 0 Å². The first kappa shape index (κ1) is 14.2.